The fourth-order valence-corrected chi connectivity index (χ4v) is 2.66. The Bertz CT molecular complexity index is 1070. The van der Waals surface area contributed by atoms with Gasteiger partial charge in [0.25, 0.3) is 0 Å². The van der Waals surface area contributed by atoms with Gasteiger partial charge in [-0.3, -0.25) is 4.79 Å². The van der Waals surface area contributed by atoms with Crippen LogP contribution >= 0.6 is 0 Å². The molecule has 7 heteroatoms. The summed E-state index contributed by atoms with van der Waals surface area (Å²) < 4.78 is 26.8. The van der Waals surface area contributed by atoms with E-state index in [0.717, 1.165) is 0 Å². The van der Waals surface area contributed by atoms with Gasteiger partial charge < -0.3 is 23.4 Å². The standard InChI is InChI=1S/C21H20O7/c1-12-20(28-15-7-5-6-14(10-15)24-3)19(22)17-9-8-16(11-18(17)27-12)26-13(2)21(23)25-4/h5-11,13H,1-4H3. The first-order chi connectivity index (χ1) is 13.4. The summed E-state index contributed by atoms with van der Waals surface area (Å²) in [7, 11) is 2.84. The molecule has 1 aromatic heterocycles. The van der Waals surface area contributed by atoms with E-state index in [1.165, 1.54) is 7.11 Å². The zero-order valence-electron chi connectivity index (χ0n) is 16.0. The topological polar surface area (TPSA) is 84.2 Å². The molecule has 0 bridgehead atoms. The molecule has 7 nitrogen and oxygen atoms in total. The summed E-state index contributed by atoms with van der Waals surface area (Å²) in [5.41, 5.74) is 0.0178. The van der Waals surface area contributed by atoms with Crippen LogP contribution in [-0.4, -0.2) is 26.3 Å². The average molecular weight is 384 g/mol. The molecule has 0 aliphatic heterocycles. The Morgan fingerprint density at radius 2 is 1.79 bits per heavy atom. The molecule has 3 rings (SSSR count). The lowest BCUT2D eigenvalue weighted by atomic mass is 10.2. The van der Waals surface area contributed by atoms with Crippen LogP contribution in [0.25, 0.3) is 11.0 Å². The van der Waals surface area contributed by atoms with Gasteiger partial charge in [-0.1, -0.05) is 6.07 Å². The summed E-state index contributed by atoms with van der Waals surface area (Å²) in [6.07, 6.45) is -0.786. The van der Waals surface area contributed by atoms with Crippen molar-refractivity contribution in [2.45, 2.75) is 20.0 Å². The van der Waals surface area contributed by atoms with E-state index in [-0.39, 0.29) is 11.2 Å². The molecule has 0 saturated heterocycles. The van der Waals surface area contributed by atoms with Crippen molar-refractivity contribution in [3.8, 4) is 23.0 Å². The van der Waals surface area contributed by atoms with Crippen molar-refractivity contribution in [3.05, 3.63) is 58.4 Å². The molecule has 1 unspecified atom stereocenters. The summed E-state index contributed by atoms with van der Waals surface area (Å²) in [5, 5.41) is 0.335. The second-order valence-electron chi connectivity index (χ2n) is 6.04. The number of fused-ring (bicyclic) bond motifs is 1. The maximum atomic E-state index is 12.9. The normalized spacial score (nSPS) is 11.7. The van der Waals surface area contributed by atoms with E-state index < -0.39 is 12.1 Å². The minimum atomic E-state index is -0.786. The highest BCUT2D eigenvalue weighted by atomic mass is 16.6. The number of aryl methyl sites for hydroxylation is 1. The smallest absolute Gasteiger partial charge is 0.346 e. The Labute approximate surface area is 161 Å². The van der Waals surface area contributed by atoms with E-state index >= 15 is 0 Å². The van der Waals surface area contributed by atoms with Crippen molar-refractivity contribution in [1.29, 1.82) is 0 Å². The molecule has 2 aromatic carbocycles. The molecular formula is C21H20O7. The quantitative estimate of drug-likeness (QED) is 0.597. The van der Waals surface area contributed by atoms with Crippen molar-refractivity contribution in [1.82, 2.24) is 0 Å². The van der Waals surface area contributed by atoms with Gasteiger partial charge in [-0.05, 0) is 38.1 Å². The van der Waals surface area contributed by atoms with Gasteiger partial charge in [-0.25, -0.2) is 4.79 Å². The van der Waals surface area contributed by atoms with Gasteiger partial charge in [-0.15, -0.1) is 0 Å². The van der Waals surface area contributed by atoms with Crippen LogP contribution in [0, 0.1) is 6.92 Å². The molecule has 0 N–H and O–H groups in total. The minimum absolute atomic E-state index is 0.0948. The molecule has 0 saturated carbocycles. The zero-order valence-corrected chi connectivity index (χ0v) is 16.0. The van der Waals surface area contributed by atoms with Crippen molar-refractivity contribution in [2.24, 2.45) is 0 Å². The van der Waals surface area contributed by atoms with Gasteiger partial charge in [0, 0.05) is 12.1 Å². The molecule has 0 aliphatic rings. The lowest BCUT2D eigenvalue weighted by Gasteiger charge is -2.13. The highest BCUT2D eigenvalue weighted by molar-refractivity contribution is 5.80. The summed E-state index contributed by atoms with van der Waals surface area (Å²) in [6.45, 7) is 3.21. The molecule has 0 aliphatic carbocycles. The number of benzene rings is 2. The van der Waals surface area contributed by atoms with Crippen LogP contribution < -0.4 is 19.6 Å². The third-order valence-electron chi connectivity index (χ3n) is 4.09. The average Bonchev–Trinajstić information content (AvgIpc) is 2.70. The SMILES string of the molecule is COC(=O)C(C)Oc1ccc2c(=O)c(Oc3cccc(OC)c3)c(C)oc2c1. The maximum Gasteiger partial charge on any atom is 0.346 e. The first-order valence-corrected chi connectivity index (χ1v) is 8.56. The Hall–Kier alpha value is -3.48. The second-order valence-corrected chi connectivity index (χ2v) is 6.04. The summed E-state index contributed by atoms with van der Waals surface area (Å²) >= 11 is 0. The number of hydrogen-bond acceptors (Lipinski definition) is 7. The van der Waals surface area contributed by atoms with Crippen LogP contribution in [0.3, 0.4) is 0 Å². The van der Waals surface area contributed by atoms with E-state index in [1.807, 2.05) is 0 Å². The van der Waals surface area contributed by atoms with E-state index in [9.17, 15) is 9.59 Å². The Morgan fingerprint density at radius 1 is 1.04 bits per heavy atom. The monoisotopic (exact) mass is 384 g/mol. The fourth-order valence-electron chi connectivity index (χ4n) is 2.66. The molecule has 3 aromatic rings. The first-order valence-electron chi connectivity index (χ1n) is 8.56. The van der Waals surface area contributed by atoms with Crippen LogP contribution in [0.4, 0.5) is 0 Å². The Balaban J connectivity index is 1.95. The van der Waals surface area contributed by atoms with Gasteiger partial charge >= 0.3 is 5.97 Å². The highest BCUT2D eigenvalue weighted by Gasteiger charge is 2.18. The van der Waals surface area contributed by atoms with Crippen molar-refractivity contribution >= 4 is 16.9 Å². The number of methoxy groups -OCH3 is 2. The van der Waals surface area contributed by atoms with Crippen molar-refractivity contribution in [2.75, 3.05) is 14.2 Å². The third kappa shape index (κ3) is 3.93. The number of esters is 1. The first kappa shape index (κ1) is 19.3. The summed E-state index contributed by atoms with van der Waals surface area (Å²) in [4.78, 5) is 24.4. The van der Waals surface area contributed by atoms with Gasteiger partial charge in [0.1, 0.15) is 28.6 Å². The molecule has 1 heterocycles. The zero-order chi connectivity index (χ0) is 20.3. The summed E-state index contributed by atoms with van der Waals surface area (Å²) in [5.74, 6) is 1.37. The largest absolute Gasteiger partial charge is 0.497 e. The lowest BCUT2D eigenvalue weighted by Crippen LogP contribution is -2.24. The molecule has 28 heavy (non-hydrogen) atoms. The number of carbonyl (C=O) groups is 1. The number of hydrogen-bond donors (Lipinski definition) is 0. The molecule has 0 fully saturated rings. The van der Waals surface area contributed by atoms with E-state index in [2.05, 4.69) is 4.74 Å². The maximum absolute atomic E-state index is 12.9. The van der Waals surface area contributed by atoms with Crippen LogP contribution in [-0.2, 0) is 9.53 Å². The number of ether oxygens (including phenoxy) is 4. The molecule has 0 radical (unpaired) electrons. The van der Waals surface area contributed by atoms with Crippen LogP contribution in [0.1, 0.15) is 12.7 Å². The van der Waals surface area contributed by atoms with Gasteiger partial charge in [0.15, 0.2) is 6.10 Å². The molecular weight excluding hydrogens is 364 g/mol. The predicted octanol–water partition coefficient (Wildman–Crippen LogP) is 3.84. The van der Waals surface area contributed by atoms with E-state index in [0.29, 0.717) is 34.0 Å². The van der Waals surface area contributed by atoms with Crippen LogP contribution in [0.5, 0.6) is 23.0 Å². The van der Waals surface area contributed by atoms with Crippen LogP contribution in [0.2, 0.25) is 0 Å². The Kier molecular flexibility index (Phi) is 5.54. The van der Waals surface area contributed by atoms with Crippen LogP contribution in [0.15, 0.2) is 51.7 Å². The predicted molar refractivity (Wildman–Crippen MR) is 102 cm³/mol. The fraction of sp³-hybridized carbons (Fsp3) is 0.238. The van der Waals surface area contributed by atoms with Gasteiger partial charge in [-0.2, -0.15) is 0 Å². The third-order valence-corrected chi connectivity index (χ3v) is 4.09. The Morgan fingerprint density at radius 3 is 2.50 bits per heavy atom. The molecule has 146 valence electrons. The minimum Gasteiger partial charge on any atom is -0.497 e. The van der Waals surface area contributed by atoms with Crippen molar-refractivity contribution in [3.63, 3.8) is 0 Å². The molecule has 0 amide bonds. The van der Waals surface area contributed by atoms with E-state index in [1.54, 1.807) is 63.4 Å². The lowest BCUT2D eigenvalue weighted by molar-refractivity contribution is -0.147. The number of carbonyl (C=O) groups excluding carboxylic acids is 1. The summed E-state index contributed by atoms with van der Waals surface area (Å²) in [6, 6.07) is 11.6. The molecule has 0 spiro atoms. The van der Waals surface area contributed by atoms with Gasteiger partial charge in [0.05, 0.1) is 19.6 Å². The van der Waals surface area contributed by atoms with Gasteiger partial charge in [0.2, 0.25) is 11.2 Å². The number of rotatable bonds is 6. The highest BCUT2D eigenvalue weighted by Crippen LogP contribution is 2.29. The second kappa shape index (κ2) is 8.04. The van der Waals surface area contributed by atoms with Crippen molar-refractivity contribution < 1.29 is 28.2 Å². The molecule has 1 atom stereocenters. The van der Waals surface area contributed by atoms with E-state index in [4.69, 9.17) is 18.6 Å².